The fraction of sp³-hybridized carbons (Fsp3) is 0.211. The van der Waals surface area contributed by atoms with E-state index in [1.807, 2.05) is 31.2 Å². The lowest BCUT2D eigenvalue weighted by Gasteiger charge is -2.02. The minimum absolute atomic E-state index is 0.250. The van der Waals surface area contributed by atoms with E-state index in [4.69, 9.17) is 4.74 Å². The molecule has 25 heavy (non-hydrogen) atoms. The van der Waals surface area contributed by atoms with Gasteiger partial charge in [0.25, 0.3) is 0 Å². The van der Waals surface area contributed by atoms with Crippen molar-refractivity contribution in [2.75, 3.05) is 7.11 Å². The molecule has 1 aromatic carbocycles. The standard InChI is InChI=1S/C19H17FN4O/c1-12-3-9-17(25-2)19-22-18(23-24(12)19)10-7-15-6-4-13-11-14(20)5-8-16(13)21-15/h3-6,8-9,11H,7,10H2,1-2H3. The lowest BCUT2D eigenvalue weighted by atomic mass is 10.1. The third kappa shape index (κ3) is 2.91. The minimum atomic E-state index is -0.250. The van der Waals surface area contributed by atoms with Crippen molar-refractivity contribution in [3.63, 3.8) is 0 Å². The molecular weight excluding hydrogens is 319 g/mol. The molecule has 0 aliphatic heterocycles. The van der Waals surface area contributed by atoms with Crippen LogP contribution in [0.3, 0.4) is 0 Å². The van der Waals surface area contributed by atoms with Crippen LogP contribution in [0.2, 0.25) is 0 Å². The molecule has 5 nitrogen and oxygen atoms in total. The molecule has 0 unspecified atom stereocenters. The Morgan fingerprint density at radius 3 is 2.76 bits per heavy atom. The van der Waals surface area contributed by atoms with E-state index in [0.717, 1.165) is 33.8 Å². The minimum Gasteiger partial charge on any atom is -0.493 e. The maximum absolute atomic E-state index is 13.2. The van der Waals surface area contributed by atoms with Crippen LogP contribution in [0, 0.1) is 12.7 Å². The second-order valence-corrected chi connectivity index (χ2v) is 5.95. The van der Waals surface area contributed by atoms with Gasteiger partial charge in [-0.05, 0) is 49.7 Å². The van der Waals surface area contributed by atoms with Crippen molar-refractivity contribution in [1.82, 2.24) is 19.6 Å². The number of aryl methyl sites for hydroxylation is 3. The normalized spacial score (nSPS) is 11.3. The van der Waals surface area contributed by atoms with Crippen LogP contribution >= 0.6 is 0 Å². The Balaban J connectivity index is 1.60. The van der Waals surface area contributed by atoms with Gasteiger partial charge in [0.05, 0.1) is 12.6 Å². The lowest BCUT2D eigenvalue weighted by molar-refractivity contribution is 0.416. The summed E-state index contributed by atoms with van der Waals surface area (Å²) in [4.78, 5) is 9.17. The van der Waals surface area contributed by atoms with Gasteiger partial charge in [-0.1, -0.05) is 6.07 Å². The van der Waals surface area contributed by atoms with Gasteiger partial charge in [-0.15, -0.1) is 0 Å². The Labute approximate surface area is 144 Å². The number of fused-ring (bicyclic) bond motifs is 2. The average molecular weight is 336 g/mol. The molecule has 0 aliphatic carbocycles. The number of hydrogen-bond donors (Lipinski definition) is 0. The first-order chi connectivity index (χ1) is 12.1. The highest BCUT2D eigenvalue weighted by atomic mass is 19.1. The van der Waals surface area contributed by atoms with Gasteiger partial charge in [-0.2, -0.15) is 5.10 Å². The van der Waals surface area contributed by atoms with Crippen molar-refractivity contribution >= 4 is 16.6 Å². The molecule has 0 amide bonds. The van der Waals surface area contributed by atoms with E-state index in [0.29, 0.717) is 18.6 Å². The zero-order chi connectivity index (χ0) is 17.4. The molecule has 0 radical (unpaired) electrons. The number of rotatable bonds is 4. The van der Waals surface area contributed by atoms with Crippen molar-refractivity contribution in [2.24, 2.45) is 0 Å². The lowest BCUT2D eigenvalue weighted by Crippen LogP contribution is -1.98. The van der Waals surface area contributed by atoms with Crippen LogP contribution in [0.4, 0.5) is 4.39 Å². The van der Waals surface area contributed by atoms with Crippen LogP contribution in [-0.4, -0.2) is 26.7 Å². The average Bonchev–Trinajstić information content (AvgIpc) is 3.05. The Kier molecular flexibility index (Phi) is 3.80. The second kappa shape index (κ2) is 6.12. The van der Waals surface area contributed by atoms with Crippen LogP contribution in [0.5, 0.6) is 5.75 Å². The number of hydrogen-bond acceptors (Lipinski definition) is 4. The number of halogens is 1. The molecule has 0 saturated carbocycles. The van der Waals surface area contributed by atoms with Crippen molar-refractivity contribution in [1.29, 1.82) is 0 Å². The highest BCUT2D eigenvalue weighted by Gasteiger charge is 2.11. The number of pyridine rings is 2. The van der Waals surface area contributed by atoms with Gasteiger partial charge in [0, 0.05) is 23.2 Å². The van der Waals surface area contributed by atoms with E-state index in [1.165, 1.54) is 12.1 Å². The first-order valence-electron chi connectivity index (χ1n) is 8.08. The molecule has 126 valence electrons. The van der Waals surface area contributed by atoms with E-state index < -0.39 is 0 Å². The maximum atomic E-state index is 13.2. The predicted molar refractivity (Wildman–Crippen MR) is 93.4 cm³/mol. The van der Waals surface area contributed by atoms with Crippen molar-refractivity contribution in [3.05, 3.63) is 65.5 Å². The molecule has 6 heteroatoms. The number of benzene rings is 1. The largest absolute Gasteiger partial charge is 0.493 e. The molecule has 0 fully saturated rings. The summed E-state index contributed by atoms with van der Waals surface area (Å²) in [6.45, 7) is 1.98. The molecule has 0 saturated heterocycles. The highest BCUT2D eigenvalue weighted by molar-refractivity contribution is 5.78. The van der Waals surface area contributed by atoms with E-state index in [9.17, 15) is 4.39 Å². The smallest absolute Gasteiger partial charge is 0.198 e. The summed E-state index contributed by atoms with van der Waals surface area (Å²) in [5.41, 5.74) is 3.45. The summed E-state index contributed by atoms with van der Waals surface area (Å²) < 4.78 is 20.4. The van der Waals surface area contributed by atoms with Crippen LogP contribution in [0.15, 0.2) is 42.5 Å². The summed E-state index contributed by atoms with van der Waals surface area (Å²) in [5.74, 6) is 1.20. The van der Waals surface area contributed by atoms with Crippen molar-refractivity contribution in [2.45, 2.75) is 19.8 Å². The zero-order valence-corrected chi connectivity index (χ0v) is 14.0. The van der Waals surface area contributed by atoms with E-state index >= 15 is 0 Å². The van der Waals surface area contributed by atoms with Crippen molar-refractivity contribution in [3.8, 4) is 5.75 Å². The summed E-state index contributed by atoms with van der Waals surface area (Å²) >= 11 is 0. The van der Waals surface area contributed by atoms with Gasteiger partial charge in [0.15, 0.2) is 17.2 Å². The number of nitrogens with zero attached hydrogens (tertiary/aromatic N) is 4. The van der Waals surface area contributed by atoms with Gasteiger partial charge in [-0.25, -0.2) is 13.9 Å². The topological polar surface area (TPSA) is 52.3 Å². The van der Waals surface area contributed by atoms with Crippen LogP contribution in [-0.2, 0) is 12.8 Å². The molecule has 0 spiro atoms. The molecule has 3 heterocycles. The first kappa shape index (κ1) is 15.5. The summed E-state index contributed by atoms with van der Waals surface area (Å²) in [7, 11) is 1.63. The number of ether oxygens (including phenoxy) is 1. The zero-order valence-electron chi connectivity index (χ0n) is 14.0. The maximum Gasteiger partial charge on any atom is 0.198 e. The first-order valence-corrected chi connectivity index (χ1v) is 8.08. The SMILES string of the molecule is COc1ccc(C)n2nc(CCc3ccc4cc(F)ccc4n3)nc12. The Bertz CT molecular complexity index is 1070. The highest BCUT2D eigenvalue weighted by Crippen LogP contribution is 2.20. The summed E-state index contributed by atoms with van der Waals surface area (Å²) in [5, 5.41) is 5.36. The third-order valence-electron chi connectivity index (χ3n) is 4.21. The van der Waals surface area contributed by atoms with E-state index in [-0.39, 0.29) is 5.82 Å². The van der Waals surface area contributed by atoms with Gasteiger partial charge in [0.2, 0.25) is 0 Å². The number of aromatic nitrogens is 4. The Morgan fingerprint density at radius 1 is 1.04 bits per heavy atom. The molecular formula is C19H17FN4O. The quantitative estimate of drug-likeness (QED) is 0.572. The molecule has 0 aliphatic rings. The van der Waals surface area contributed by atoms with Crippen LogP contribution < -0.4 is 4.74 Å². The molecule has 0 N–H and O–H groups in total. The van der Waals surface area contributed by atoms with Crippen molar-refractivity contribution < 1.29 is 9.13 Å². The van der Waals surface area contributed by atoms with Gasteiger partial charge in [-0.3, -0.25) is 4.98 Å². The van der Waals surface area contributed by atoms with E-state index in [1.54, 1.807) is 17.7 Å². The molecule has 4 aromatic rings. The molecule has 0 atom stereocenters. The molecule has 3 aromatic heterocycles. The third-order valence-corrected chi connectivity index (χ3v) is 4.21. The van der Waals surface area contributed by atoms with E-state index in [2.05, 4.69) is 15.1 Å². The summed E-state index contributed by atoms with van der Waals surface area (Å²) in [6.07, 6.45) is 1.38. The fourth-order valence-corrected chi connectivity index (χ4v) is 2.88. The molecule has 4 rings (SSSR count). The monoisotopic (exact) mass is 336 g/mol. The Hall–Kier alpha value is -3.02. The molecule has 0 bridgehead atoms. The summed E-state index contributed by atoms with van der Waals surface area (Å²) in [6, 6.07) is 12.3. The fourth-order valence-electron chi connectivity index (χ4n) is 2.88. The number of methoxy groups -OCH3 is 1. The Morgan fingerprint density at radius 2 is 1.92 bits per heavy atom. The van der Waals surface area contributed by atoms with Crippen LogP contribution in [0.25, 0.3) is 16.6 Å². The van der Waals surface area contributed by atoms with Gasteiger partial charge in [0.1, 0.15) is 5.82 Å². The van der Waals surface area contributed by atoms with Gasteiger partial charge >= 0.3 is 0 Å². The van der Waals surface area contributed by atoms with Crippen LogP contribution in [0.1, 0.15) is 17.2 Å². The van der Waals surface area contributed by atoms with Gasteiger partial charge < -0.3 is 4.74 Å². The second-order valence-electron chi connectivity index (χ2n) is 5.95. The predicted octanol–water partition coefficient (Wildman–Crippen LogP) is 3.52.